The predicted octanol–water partition coefficient (Wildman–Crippen LogP) is 3.66. The summed E-state index contributed by atoms with van der Waals surface area (Å²) in [6.07, 6.45) is 2.78. The molecular weight excluding hydrogens is 262 g/mol. The molecule has 0 aliphatic carbocycles. The summed E-state index contributed by atoms with van der Waals surface area (Å²) in [6.45, 7) is 2.38. The van der Waals surface area contributed by atoms with Crippen molar-refractivity contribution in [2.24, 2.45) is 0 Å². The summed E-state index contributed by atoms with van der Waals surface area (Å²) in [6, 6.07) is 15.6. The van der Waals surface area contributed by atoms with E-state index in [0.717, 1.165) is 29.0 Å². The quantitative estimate of drug-likeness (QED) is 0.931. The van der Waals surface area contributed by atoms with E-state index < -0.39 is 0 Å². The number of benzene rings is 2. The maximum absolute atomic E-state index is 12.4. The van der Waals surface area contributed by atoms with Crippen molar-refractivity contribution in [3.8, 4) is 5.75 Å². The number of rotatable bonds is 3. The van der Waals surface area contributed by atoms with E-state index in [1.54, 1.807) is 0 Å². The lowest BCUT2D eigenvalue weighted by atomic mass is 10.1. The number of para-hydroxylation sites is 2. The minimum atomic E-state index is -0.106. The molecule has 1 aliphatic heterocycles. The zero-order valence-electron chi connectivity index (χ0n) is 11.9. The van der Waals surface area contributed by atoms with Crippen LogP contribution in [0.1, 0.15) is 18.1 Å². The van der Waals surface area contributed by atoms with Crippen molar-refractivity contribution < 1.29 is 9.53 Å². The summed E-state index contributed by atoms with van der Waals surface area (Å²) in [4.78, 5) is 12.4. The van der Waals surface area contributed by atoms with Gasteiger partial charge in [0.15, 0.2) is 0 Å². The number of fused-ring (bicyclic) bond motifs is 1. The lowest BCUT2D eigenvalue weighted by molar-refractivity contribution is -0.113. The fraction of sp³-hybridized carbons (Fsp3) is 0.167. The van der Waals surface area contributed by atoms with Gasteiger partial charge in [-0.1, -0.05) is 43.3 Å². The first-order chi connectivity index (χ1) is 10.3. The van der Waals surface area contributed by atoms with Crippen molar-refractivity contribution in [3.63, 3.8) is 0 Å². The normalized spacial score (nSPS) is 12.9. The van der Waals surface area contributed by atoms with Crippen LogP contribution in [0.15, 0.2) is 54.1 Å². The molecule has 3 rings (SSSR count). The van der Waals surface area contributed by atoms with E-state index in [-0.39, 0.29) is 5.91 Å². The van der Waals surface area contributed by atoms with Gasteiger partial charge >= 0.3 is 0 Å². The van der Waals surface area contributed by atoms with E-state index >= 15 is 0 Å². The van der Waals surface area contributed by atoms with Crippen LogP contribution in [0.4, 0.5) is 5.69 Å². The third-order valence-electron chi connectivity index (χ3n) is 3.57. The van der Waals surface area contributed by atoms with Crippen molar-refractivity contribution in [3.05, 3.63) is 65.2 Å². The average molecular weight is 279 g/mol. The topological polar surface area (TPSA) is 38.3 Å². The zero-order valence-corrected chi connectivity index (χ0v) is 11.9. The van der Waals surface area contributed by atoms with Crippen LogP contribution in [0.25, 0.3) is 6.08 Å². The zero-order chi connectivity index (χ0) is 14.7. The van der Waals surface area contributed by atoms with Gasteiger partial charge in [0.2, 0.25) is 0 Å². The van der Waals surface area contributed by atoms with E-state index in [2.05, 4.69) is 12.2 Å². The summed E-state index contributed by atoms with van der Waals surface area (Å²) in [5.41, 5.74) is 3.57. The Kier molecular flexibility index (Phi) is 3.73. The number of aryl methyl sites for hydroxylation is 1. The molecule has 106 valence electrons. The van der Waals surface area contributed by atoms with E-state index in [1.165, 1.54) is 0 Å². The molecule has 1 N–H and O–H groups in total. The van der Waals surface area contributed by atoms with E-state index in [0.29, 0.717) is 12.2 Å². The van der Waals surface area contributed by atoms with Crippen LogP contribution >= 0.6 is 0 Å². The van der Waals surface area contributed by atoms with Crippen LogP contribution in [0.2, 0.25) is 0 Å². The first kappa shape index (κ1) is 13.4. The van der Waals surface area contributed by atoms with Gasteiger partial charge in [0, 0.05) is 11.3 Å². The molecule has 1 aliphatic rings. The molecular formula is C18H17NO2. The number of carbonyl (C=O) groups excluding carboxylic acids is 1. The molecule has 2 aromatic rings. The molecule has 3 heteroatoms. The summed E-state index contributed by atoms with van der Waals surface area (Å²) >= 11 is 0. The Labute approximate surface area is 124 Å². The number of nitrogens with one attached hydrogen (secondary N) is 1. The molecule has 21 heavy (non-hydrogen) atoms. The molecule has 0 unspecified atom stereocenters. The molecule has 1 heterocycles. The standard InChI is InChI=1S/C18H17NO2/c1-2-13-7-3-5-9-16(13)19-18(20)15-11-14-8-4-6-10-17(14)21-12-15/h3-11H,2,12H2,1H3,(H,19,20). The van der Waals surface area contributed by atoms with Gasteiger partial charge < -0.3 is 10.1 Å². The van der Waals surface area contributed by atoms with Crippen LogP contribution in [-0.2, 0) is 11.2 Å². The lowest BCUT2D eigenvalue weighted by Crippen LogP contribution is -2.21. The minimum absolute atomic E-state index is 0.106. The Balaban J connectivity index is 1.82. The highest BCUT2D eigenvalue weighted by Crippen LogP contribution is 2.26. The fourth-order valence-corrected chi connectivity index (χ4v) is 2.40. The van der Waals surface area contributed by atoms with Gasteiger partial charge in [0.05, 0.1) is 5.57 Å². The second-order valence-electron chi connectivity index (χ2n) is 4.96. The first-order valence-electron chi connectivity index (χ1n) is 7.09. The van der Waals surface area contributed by atoms with Crippen LogP contribution < -0.4 is 10.1 Å². The largest absolute Gasteiger partial charge is 0.488 e. The molecule has 0 bridgehead atoms. The number of carbonyl (C=O) groups is 1. The molecule has 0 radical (unpaired) electrons. The number of hydrogen-bond donors (Lipinski definition) is 1. The number of anilines is 1. The maximum atomic E-state index is 12.4. The van der Waals surface area contributed by atoms with Gasteiger partial charge in [0.1, 0.15) is 12.4 Å². The van der Waals surface area contributed by atoms with Gasteiger partial charge in [0.25, 0.3) is 5.91 Å². The highest BCUT2D eigenvalue weighted by molar-refractivity contribution is 6.07. The Bertz CT molecular complexity index is 704. The summed E-state index contributed by atoms with van der Waals surface area (Å²) in [5.74, 6) is 0.716. The number of amides is 1. The summed E-state index contributed by atoms with van der Waals surface area (Å²) in [7, 11) is 0. The van der Waals surface area contributed by atoms with Crippen LogP contribution in [-0.4, -0.2) is 12.5 Å². The Morgan fingerprint density at radius 1 is 1.14 bits per heavy atom. The SMILES string of the molecule is CCc1ccccc1NC(=O)C1=Cc2ccccc2OC1. The number of ether oxygens (including phenoxy) is 1. The second-order valence-corrected chi connectivity index (χ2v) is 4.96. The van der Waals surface area contributed by atoms with Gasteiger partial charge in [-0.2, -0.15) is 0 Å². The Hall–Kier alpha value is -2.55. The van der Waals surface area contributed by atoms with Gasteiger partial charge in [-0.25, -0.2) is 0 Å². The van der Waals surface area contributed by atoms with Gasteiger partial charge in [-0.15, -0.1) is 0 Å². The minimum Gasteiger partial charge on any atom is -0.488 e. The van der Waals surface area contributed by atoms with Crippen LogP contribution in [0, 0.1) is 0 Å². The van der Waals surface area contributed by atoms with E-state index in [9.17, 15) is 4.79 Å². The molecule has 0 saturated carbocycles. The van der Waals surface area contributed by atoms with Crippen LogP contribution in [0.3, 0.4) is 0 Å². The Morgan fingerprint density at radius 2 is 1.90 bits per heavy atom. The predicted molar refractivity (Wildman–Crippen MR) is 84.4 cm³/mol. The van der Waals surface area contributed by atoms with Gasteiger partial charge in [-0.3, -0.25) is 4.79 Å². The third kappa shape index (κ3) is 2.82. The highest BCUT2D eigenvalue weighted by Gasteiger charge is 2.17. The second kappa shape index (κ2) is 5.83. The van der Waals surface area contributed by atoms with Crippen molar-refractivity contribution in [1.82, 2.24) is 0 Å². The molecule has 0 aromatic heterocycles. The molecule has 1 amide bonds. The van der Waals surface area contributed by atoms with Gasteiger partial charge in [-0.05, 0) is 30.2 Å². The van der Waals surface area contributed by atoms with Crippen molar-refractivity contribution in [2.75, 3.05) is 11.9 Å². The molecule has 0 spiro atoms. The molecule has 3 nitrogen and oxygen atoms in total. The third-order valence-corrected chi connectivity index (χ3v) is 3.57. The van der Waals surface area contributed by atoms with Crippen molar-refractivity contribution >= 4 is 17.7 Å². The first-order valence-corrected chi connectivity index (χ1v) is 7.09. The smallest absolute Gasteiger partial charge is 0.255 e. The summed E-state index contributed by atoms with van der Waals surface area (Å²) < 4.78 is 5.62. The fourth-order valence-electron chi connectivity index (χ4n) is 2.40. The average Bonchev–Trinajstić information content (AvgIpc) is 2.55. The molecule has 2 aromatic carbocycles. The lowest BCUT2D eigenvalue weighted by Gasteiger charge is -2.18. The van der Waals surface area contributed by atoms with Crippen LogP contribution in [0.5, 0.6) is 5.75 Å². The summed E-state index contributed by atoms with van der Waals surface area (Å²) in [5, 5.41) is 2.97. The van der Waals surface area contributed by atoms with E-state index in [1.807, 2.05) is 54.6 Å². The Morgan fingerprint density at radius 3 is 2.76 bits per heavy atom. The molecule has 0 fully saturated rings. The highest BCUT2D eigenvalue weighted by atomic mass is 16.5. The maximum Gasteiger partial charge on any atom is 0.255 e. The van der Waals surface area contributed by atoms with Crippen molar-refractivity contribution in [2.45, 2.75) is 13.3 Å². The van der Waals surface area contributed by atoms with E-state index in [4.69, 9.17) is 4.74 Å². The monoisotopic (exact) mass is 279 g/mol. The van der Waals surface area contributed by atoms with Crippen molar-refractivity contribution in [1.29, 1.82) is 0 Å². The number of hydrogen-bond acceptors (Lipinski definition) is 2. The molecule has 0 atom stereocenters. The molecule has 0 saturated heterocycles.